The summed E-state index contributed by atoms with van der Waals surface area (Å²) in [7, 11) is 0. The minimum Gasteiger partial charge on any atom is -0.310 e. The highest BCUT2D eigenvalue weighted by molar-refractivity contribution is 5.36. The minimum absolute atomic E-state index is 0.333. The van der Waals surface area contributed by atoms with Gasteiger partial charge in [-0.3, -0.25) is 0 Å². The van der Waals surface area contributed by atoms with E-state index in [1.54, 1.807) is 12.1 Å². The molecule has 0 aliphatic carbocycles. The Morgan fingerprint density at radius 2 is 2.24 bits per heavy atom. The summed E-state index contributed by atoms with van der Waals surface area (Å²) in [5.74, 6) is 0.261. The molecule has 90 valence electrons. The summed E-state index contributed by atoms with van der Waals surface area (Å²) in [5, 5.41) is 14.4. The molecular weight excluding hydrogens is 221 g/mol. The van der Waals surface area contributed by atoms with Gasteiger partial charge in [0.15, 0.2) is 5.82 Å². The molecule has 0 bridgehead atoms. The average Bonchev–Trinajstić information content (AvgIpc) is 2.77. The second kappa shape index (κ2) is 5.01. The molecule has 0 atom stereocenters. The van der Waals surface area contributed by atoms with Crippen LogP contribution in [0.2, 0.25) is 0 Å². The number of tetrazole rings is 1. The quantitative estimate of drug-likeness (QED) is 0.865. The van der Waals surface area contributed by atoms with E-state index in [1.807, 2.05) is 13.8 Å². The zero-order valence-corrected chi connectivity index (χ0v) is 9.81. The standard InChI is InChI=1S/C11H14FN5/c1-3-13-7-11-14-15-16-17(11)10-6-8(2)4-5-9(10)12/h4-6,13H,3,7H2,1-2H3. The SMILES string of the molecule is CCNCc1nnnn1-c1cc(C)ccc1F. The molecule has 17 heavy (non-hydrogen) atoms. The van der Waals surface area contributed by atoms with E-state index in [9.17, 15) is 4.39 Å². The van der Waals surface area contributed by atoms with Gasteiger partial charge in [-0.1, -0.05) is 13.0 Å². The molecule has 1 aromatic heterocycles. The predicted molar refractivity (Wildman–Crippen MR) is 61.2 cm³/mol. The number of nitrogens with zero attached hydrogens (tertiary/aromatic N) is 4. The van der Waals surface area contributed by atoms with Gasteiger partial charge in [-0.05, 0) is 41.6 Å². The van der Waals surface area contributed by atoms with Crippen LogP contribution in [0, 0.1) is 12.7 Å². The molecular formula is C11H14FN5. The van der Waals surface area contributed by atoms with Crippen LogP contribution in [0.15, 0.2) is 18.2 Å². The third-order valence-electron chi connectivity index (χ3n) is 2.40. The highest BCUT2D eigenvalue weighted by atomic mass is 19.1. The van der Waals surface area contributed by atoms with Crippen molar-refractivity contribution in [3.63, 3.8) is 0 Å². The zero-order chi connectivity index (χ0) is 12.3. The first-order valence-corrected chi connectivity index (χ1v) is 5.47. The van der Waals surface area contributed by atoms with Gasteiger partial charge in [0.2, 0.25) is 0 Å². The van der Waals surface area contributed by atoms with E-state index in [0.29, 0.717) is 18.1 Å². The maximum atomic E-state index is 13.7. The lowest BCUT2D eigenvalue weighted by molar-refractivity contribution is 0.594. The fraction of sp³-hybridized carbons (Fsp3) is 0.364. The molecule has 2 rings (SSSR count). The molecule has 0 fully saturated rings. The van der Waals surface area contributed by atoms with Crippen molar-refractivity contribution in [2.45, 2.75) is 20.4 Å². The van der Waals surface area contributed by atoms with Crippen molar-refractivity contribution in [3.8, 4) is 5.69 Å². The molecule has 1 aromatic carbocycles. The van der Waals surface area contributed by atoms with Crippen molar-refractivity contribution in [2.24, 2.45) is 0 Å². The van der Waals surface area contributed by atoms with Gasteiger partial charge in [0.05, 0.1) is 6.54 Å². The molecule has 0 radical (unpaired) electrons. The molecule has 0 saturated heterocycles. The molecule has 1 N–H and O–H groups in total. The lowest BCUT2D eigenvalue weighted by Gasteiger charge is -2.06. The Balaban J connectivity index is 2.38. The summed E-state index contributed by atoms with van der Waals surface area (Å²) in [5.41, 5.74) is 1.34. The van der Waals surface area contributed by atoms with Crippen LogP contribution in [0.3, 0.4) is 0 Å². The summed E-state index contributed by atoms with van der Waals surface area (Å²) in [6.45, 7) is 5.21. The lowest BCUT2D eigenvalue weighted by atomic mass is 10.2. The third kappa shape index (κ3) is 2.47. The molecule has 1 heterocycles. The number of halogens is 1. The van der Waals surface area contributed by atoms with Gasteiger partial charge in [-0.15, -0.1) is 5.10 Å². The van der Waals surface area contributed by atoms with Gasteiger partial charge in [0.25, 0.3) is 0 Å². The summed E-state index contributed by atoms with van der Waals surface area (Å²) in [6.07, 6.45) is 0. The van der Waals surface area contributed by atoms with Crippen molar-refractivity contribution in [3.05, 3.63) is 35.4 Å². The first kappa shape index (κ1) is 11.7. The van der Waals surface area contributed by atoms with Crippen LogP contribution in [0.5, 0.6) is 0 Å². The number of hydrogen-bond donors (Lipinski definition) is 1. The maximum absolute atomic E-state index is 13.7. The summed E-state index contributed by atoms with van der Waals surface area (Å²) < 4.78 is 15.1. The Hall–Kier alpha value is -1.82. The second-order valence-electron chi connectivity index (χ2n) is 3.74. The molecule has 0 aliphatic heterocycles. The first-order valence-electron chi connectivity index (χ1n) is 5.47. The van der Waals surface area contributed by atoms with E-state index in [2.05, 4.69) is 20.8 Å². The molecule has 0 aliphatic rings. The fourth-order valence-corrected chi connectivity index (χ4v) is 1.52. The van der Waals surface area contributed by atoms with Gasteiger partial charge < -0.3 is 5.32 Å². The Bertz CT molecular complexity index is 508. The van der Waals surface area contributed by atoms with E-state index >= 15 is 0 Å². The zero-order valence-electron chi connectivity index (χ0n) is 9.81. The fourth-order valence-electron chi connectivity index (χ4n) is 1.52. The number of hydrogen-bond acceptors (Lipinski definition) is 4. The molecule has 0 spiro atoms. The summed E-state index contributed by atoms with van der Waals surface area (Å²) >= 11 is 0. The smallest absolute Gasteiger partial charge is 0.170 e. The van der Waals surface area contributed by atoms with Crippen molar-refractivity contribution < 1.29 is 4.39 Å². The normalized spacial score (nSPS) is 10.8. The highest BCUT2D eigenvalue weighted by Gasteiger charge is 2.11. The number of aryl methyl sites for hydroxylation is 1. The van der Waals surface area contributed by atoms with Gasteiger partial charge in [0.1, 0.15) is 11.5 Å². The van der Waals surface area contributed by atoms with E-state index < -0.39 is 0 Å². The number of aromatic nitrogens is 4. The first-order chi connectivity index (χ1) is 8.22. The van der Waals surface area contributed by atoms with Crippen LogP contribution in [0.25, 0.3) is 5.69 Å². The Morgan fingerprint density at radius 1 is 1.41 bits per heavy atom. The van der Waals surface area contributed by atoms with Gasteiger partial charge in [-0.2, -0.15) is 4.68 Å². The van der Waals surface area contributed by atoms with Crippen molar-refractivity contribution in [1.29, 1.82) is 0 Å². The second-order valence-corrected chi connectivity index (χ2v) is 3.74. The van der Waals surface area contributed by atoms with Crippen molar-refractivity contribution in [1.82, 2.24) is 25.5 Å². The van der Waals surface area contributed by atoms with E-state index in [-0.39, 0.29) is 5.82 Å². The van der Waals surface area contributed by atoms with Crippen LogP contribution < -0.4 is 5.32 Å². The van der Waals surface area contributed by atoms with Gasteiger partial charge in [0, 0.05) is 0 Å². The number of rotatable bonds is 4. The van der Waals surface area contributed by atoms with Crippen molar-refractivity contribution >= 4 is 0 Å². The van der Waals surface area contributed by atoms with Crippen LogP contribution in [-0.4, -0.2) is 26.8 Å². The summed E-state index contributed by atoms with van der Waals surface area (Å²) in [4.78, 5) is 0. The van der Waals surface area contributed by atoms with Crippen molar-refractivity contribution in [2.75, 3.05) is 6.54 Å². The minimum atomic E-state index is -0.333. The maximum Gasteiger partial charge on any atom is 0.170 e. The average molecular weight is 235 g/mol. The number of nitrogens with one attached hydrogen (secondary N) is 1. The monoisotopic (exact) mass is 235 g/mol. The van der Waals surface area contributed by atoms with Crippen LogP contribution in [0.4, 0.5) is 4.39 Å². The lowest BCUT2D eigenvalue weighted by Crippen LogP contribution is -2.16. The molecule has 5 nitrogen and oxygen atoms in total. The van der Waals surface area contributed by atoms with E-state index in [0.717, 1.165) is 12.1 Å². The molecule has 0 unspecified atom stereocenters. The van der Waals surface area contributed by atoms with E-state index in [4.69, 9.17) is 0 Å². The molecule has 0 saturated carbocycles. The Morgan fingerprint density at radius 3 is 3.00 bits per heavy atom. The van der Waals surface area contributed by atoms with Crippen LogP contribution in [0.1, 0.15) is 18.3 Å². The van der Waals surface area contributed by atoms with Gasteiger partial charge in [-0.25, -0.2) is 4.39 Å². The Labute approximate surface area is 98.6 Å². The number of benzene rings is 1. The Kier molecular flexibility index (Phi) is 3.43. The van der Waals surface area contributed by atoms with Crippen LogP contribution >= 0.6 is 0 Å². The van der Waals surface area contributed by atoms with Gasteiger partial charge >= 0.3 is 0 Å². The predicted octanol–water partition coefficient (Wildman–Crippen LogP) is 1.22. The topological polar surface area (TPSA) is 55.6 Å². The molecule has 6 heteroatoms. The van der Waals surface area contributed by atoms with Crippen LogP contribution in [-0.2, 0) is 6.54 Å². The molecule has 0 amide bonds. The third-order valence-corrected chi connectivity index (χ3v) is 2.40. The largest absolute Gasteiger partial charge is 0.310 e. The molecule has 2 aromatic rings. The van der Waals surface area contributed by atoms with E-state index in [1.165, 1.54) is 10.7 Å². The summed E-state index contributed by atoms with van der Waals surface area (Å²) in [6, 6.07) is 4.86. The highest BCUT2D eigenvalue weighted by Crippen LogP contribution is 2.15.